The third-order valence-electron chi connectivity index (χ3n) is 2.44. The smallest absolute Gasteiger partial charge is 0.258 e. The van der Waals surface area contributed by atoms with Gasteiger partial charge in [-0.2, -0.15) is 5.10 Å². The molecule has 5 nitrogen and oxygen atoms in total. The Labute approximate surface area is 101 Å². The van der Waals surface area contributed by atoms with Gasteiger partial charge in [-0.3, -0.25) is 14.8 Å². The van der Waals surface area contributed by atoms with E-state index < -0.39 is 22.7 Å². The lowest BCUT2D eigenvalue weighted by Crippen LogP contribution is -2.07. The molecule has 0 radical (unpaired) electrons. The fourth-order valence-electron chi connectivity index (χ4n) is 1.63. The predicted octanol–water partition coefficient (Wildman–Crippen LogP) is 2.78. The Morgan fingerprint density at radius 2 is 2.00 bits per heavy atom. The van der Waals surface area contributed by atoms with E-state index in [2.05, 4.69) is 5.10 Å². The third-order valence-corrected chi connectivity index (χ3v) is 2.44. The van der Waals surface area contributed by atoms with Crippen molar-refractivity contribution < 1.29 is 13.7 Å². The van der Waals surface area contributed by atoms with Gasteiger partial charge in [-0.15, -0.1) is 0 Å². The number of nitro groups is 1. The van der Waals surface area contributed by atoms with Crippen molar-refractivity contribution in [3.63, 3.8) is 0 Å². The molecule has 0 atom stereocenters. The summed E-state index contributed by atoms with van der Waals surface area (Å²) < 4.78 is 26.6. The van der Waals surface area contributed by atoms with E-state index in [4.69, 9.17) is 0 Å². The van der Waals surface area contributed by atoms with Crippen molar-refractivity contribution in [1.82, 2.24) is 9.78 Å². The highest BCUT2D eigenvalue weighted by Crippen LogP contribution is 2.28. The number of rotatable bonds is 4. The van der Waals surface area contributed by atoms with Crippen molar-refractivity contribution in [2.45, 2.75) is 13.0 Å². The van der Waals surface area contributed by atoms with E-state index in [1.807, 2.05) is 0 Å². The number of halogens is 2. The van der Waals surface area contributed by atoms with E-state index in [0.717, 1.165) is 16.4 Å². The molecule has 0 spiro atoms. The Kier molecular flexibility index (Phi) is 3.31. The molecule has 0 aliphatic carbocycles. The highest BCUT2D eigenvalue weighted by molar-refractivity contribution is 5.34. The van der Waals surface area contributed by atoms with Crippen molar-refractivity contribution in [2.24, 2.45) is 0 Å². The molecule has 0 aliphatic rings. The average Bonchev–Trinajstić information content (AvgIpc) is 2.74. The SMILES string of the molecule is O=[N+]([O-])c1cnn(Cc2ccccc2)c1C(F)F. The van der Waals surface area contributed by atoms with Crippen molar-refractivity contribution in [1.29, 1.82) is 0 Å². The number of benzene rings is 1. The molecule has 0 saturated heterocycles. The lowest BCUT2D eigenvalue weighted by atomic mass is 10.2. The minimum atomic E-state index is -2.93. The van der Waals surface area contributed by atoms with Crippen LogP contribution in [0, 0.1) is 10.1 Å². The van der Waals surface area contributed by atoms with Gasteiger partial charge in [0.1, 0.15) is 6.20 Å². The zero-order chi connectivity index (χ0) is 13.1. The monoisotopic (exact) mass is 253 g/mol. The minimum Gasteiger partial charge on any atom is -0.258 e. The Balaban J connectivity index is 2.37. The van der Waals surface area contributed by atoms with Crippen LogP contribution in [0.3, 0.4) is 0 Å². The van der Waals surface area contributed by atoms with Crippen LogP contribution in [0.2, 0.25) is 0 Å². The van der Waals surface area contributed by atoms with Crippen molar-refractivity contribution in [3.8, 4) is 0 Å². The molecule has 1 heterocycles. The van der Waals surface area contributed by atoms with Crippen LogP contribution in [0.4, 0.5) is 14.5 Å². The predicted molar refractivity (Wildman–Crippen MR) is 59.4 cm³/mol. The first kappa shape index (κ1) is 12.2. The minimum absolute atomic E-state index is 0.0777. The van der Waals surface area contributed by atoms with Crippen LogP contribution in [-0.2, 0) is 6.54 Å². The van der Waals surface area contributed by atoms with E-state index in [9.17, 15) is 18.9 Å². The molecule has 7 heteroatoms. The molecular weight excluding hydrogens is 244 g/mol. The normalized spacial score (nSPS) is 10.8. The molecule has 18 heavy (non-hydrogen) atoms. The van der Waals surface area contributed by atoms with Gasteiger partial charge in [-0.05, 0) is 5.56 Å². The Morgan fingerprint density at radius 3 is 2.56 bits per heavy atom. The maximum absolute atomic E-state index is 12.8. The van der Waals surface area contributed by atoms with Crippen LogP contribution in [0.1, 0.15) is 17.7 Å². The van der Waals surface area contributed by atoms with Crippen molar-refractivity contribution >= 4 is 5.69 Å². The molecule has 0 amide bonds. The lowest BCUT2D eigenvalue weighted by molar-refractivity contribution is -0.386. The summed E-state index contributed by atoms with van der Waals surface area (Å²) in [6, 6.07) is 8.79. The van der Waals surface area contributed by atoms with Crippen LogP contribution in [0.5, 0.6) is 0 Å². The zero-order valence-corrected chi connectivity index (χ0v) is 9.16. The van der Waals surface area contributed by atoms with Crippen LogP contribution >= 0.6 is 0 Å². The van der Waals surface area contributed by atoms with Gasteiger partial charge in [0.15, 0.2) is 5.69 Å². The first-order valence-corrected chi connectivity index (χ1v) is 5.11. The molecule has 0 bridgehead atoms. The Bertz CT molecular complexity index is 555. The fourth-order valence-corrected chi connectivity index (χ4v) is 1.63. The van der Waals surface area contributed by atoms with Gasteiger partial charge >= 0.3 is 5.69 Å². The van der Waals surface area contributed by atoms with Gasteiger partial charge < -0.3 is 0 Å². The molecule has 1 aromatic carbocycles. The summed E-state index contributed by atoms with van der Waals surface area (Å²) in [6.07, 6.45) is -2.08. The van der Waals surface area contributed by atoms with Crippen LogP contribution in [0.15, 0.2) is 36.5 Å². The molecule has 0 unspecified atom stereocenters. The highest BCUT2D eigenvalue weighted by Gasteiger charge is 2.27. The third kappa shape index (κ3) is 2.34. The highest BCUT2D eigenvalue weighted by atomic mass is 19.3. The van der Waals surface area contributed by atoms with E-state index in [1.54, 1.807) is 30.3 Å². The van der Waals surface area contributed by atoms with E-state index >= 15 is 0 Å². The number of alkyl halides is 2. The molecule has 0 saturated carbocycles. The maximum atomic E-state index is 12.8. The second kappa shape index (κ2) is 4.91. The van der Waals surface area contributed by atoms with Crippen LogP contribution in [-0.4, -0.2) is 14.7 Å². The summed E-state index contributed by atoms with van der Waals surface area (Å²) in [5, 5.41) is 14.3. The summed E-state index contributed by atoms with van der Waals surface area (Å²) in [5.74, 6) is 0. The van der Waals surface area contributed by atoms with Crippen molar-refractivity contribution in [3.05, 3.63) is 57.9 Å². The van der Waals surface area contributed by atoms with Gasteiger partial charge in [0.2, 0.25) is 0 Å². The lowest BCUT2D eigenvalue weighted by Gasteiger charge is -2.06. The summed E-state index contributed by atoms with van der Waals surface area (Å²) >= 11 is 0. The molecule has 0 N–H and O–H groups in total. The van der Waals surface area contributed by atoms with E-state index in [0.29, 0.717) is 0 Å². The van der Waals surface area contributed by atoms with Gasteiger partial charge in [0.25, 0.3) is 6.43 Å². The summed E-state index contributed by atoms with van der Waals surface area (Å²) in [7, 11) is 0. The standard InChI is InChI=1S/C11H9F2N3O2/c12-11(13)10-9(16(17)18)6-14-15(10)7-8-4-2-1-3-5-8/h1-6,11H,7H2. The fraction of sp³-hybridized carbons (Fsp3) is 0.182. The van der Waals surface area contributed by atoms with E-state index in [1.165, 1.54) is 0 Å². The summed E-state index contributed by atoms with van der Waals surface area (Å²) in [4.78, 5) is 9.76. The average molecular weight is 253 g/mol. The first-order valence-electron chi connectivity index (χ1n) is 5.11. The van der Waals surface area contributed by atoms with E-state index in [-0.39, 0.29) is 6.54 Å². The molecule has 2 rings (SSSR count). The Hall–Kier alpha value is -2.31. The second-order valence-electron chi connectivity index (χ2n) is 3.62. The molecule has 2 aromatic rings. The van der Waals surface area contributed by atoms with Gasteiger partial charge in [0.05, 0.1) is 11.5 Å². The quantitative estimate of drug-likeness (QED) is 0.621. The number of hydrogen-bond donors (Lipinski definition) is 0. The largest absolute Gasteiger partial charge is 0.316 e. The van der Waals surface area contributed by atoms with Crippen LogP contribution < -0.4 is 0 Å². The van der Waals surface area contributed by atoms with Crippen molar-refractivity contribution in [2.75, 3.05) is 0 Å². The zero-order valence-electron chi connectivity index (χ0n) is 9.16. The second-order valence-corrected chi connectivity index (χ2v) is 3.62. The first-order chi connectivity index (χ1) is 8.59. The van der Waals surface area contributed by atoms with Gasteiger partial charge in [-0.25, -0.2) is 8.78 Å². The molecule has 94 valence electrons. The summed E-state index contributed by atoms with van der Waals surface area (Å²) in [6.45, 7) is 0.0777. The number of hydrogen-bond acceptors (Lipinski definition) is 3. The Morgan fingerprint density at radius 1 is 1.33 bits per heavy atom. The molecule has 0 aliphatic heterocycles. The molecular formula is C11H9F2N3O2. The summed E-state index contributed by atoms with van der Waals surface area (Å²) in [5.41, 5.74) is -0.567. The van der Waals surface area contributed by atoms with Gasteiger partial charge in [-0.1, -0.05) is 30.3 Å². The maximum Gasteiger partial charge on any atom is 0.316 e. The number of nitrogens with zero attached hydrogens (tertiary/aromatic N) is 3. The topological polar surface area (TPSA) is 61.0 Å². The number of aromatic nitrogens is 2. The van der Waals surface area contributed by atoms with Crippen LogP contribution in [0.25, 0.3) is 0 Å². The molecule has 0 fully saturated rings. The van der Waals surface area contributed by atoms with Gasteiger partial charge in [0, 0.05) is 0 Å². The molecule has 1 aromatic heterocycles.